The van der Waals surface area contributed by atoms with E-state index in [0.717, 1.165) is 16.3 Å². The molecule has 26 heavy (non-hydrogen) atoms. The number of terminal acetylenes is 1. The quantitative estimate of drug-likeness (QED) is 0.427. The number of fused-ring (bicyclic) bond motifs is 2. The number of nitrogens with one attached hydrogen (secondary N) is 2. The van der Waals surface area contributed by atoms with Crippen molar-refractivity contribution in [1.29, 1.82) is 0 Å². The number of aromatic nitrogens is 2. The minimum Gasteiger partial charge on any atom is -0.310 e. The van der Waals surface area contributed by atoms with Gasteiger partial charge in [-0.25, -0.2) is 4.98 Å². The fourth-order valence-corrected chi connectivity index (χ4v) is 3.78. The van der Waals surface area contributed by atoms with Crippen LogP contribution in [0.25, 0.3) is 10.8 Å². The fraction of sp³-hybridized carbons (Fsp3) is 0.150. The Balaban J connectivity index is 1.82. The Labute approximate surface area is 154 Å². The lowest BCUT2D eigenvalue weighted by molar-refractivity contribution is -0.116. The van der Waals surface area contributed by atoms with Crippen LogP contribution in [0.1, 0.15) is 23.5 Å². The monoisotopic (exact) mass is 361 g/mol. The first kappa shape index (κ1) is 16.4. The third-order valence-corrected chi connectivity index (χ3v) is 5.18. The number of rotatable bonds is 3. The molecule has 2 N–H and O–H groups in total. The molecule has 1 aliphatic heterocycles. The molecule has 1 atom stereocenters. The van der Waals surface area contributed by atoms with Crippen LogP contribution in [-0.4, -0.2) is 21.6 Å². The lowest BCUT2D eigenvalue weighted by Crippen LogP contribution is -2.31. The summed E-state index contributed by atoms with van der Waals surface area (Å²) >= 11 is 1.25. The summed E-state index contributed by atoms with van der Waals surface area (Å²) in [7, 11) is 0. The number of anilines is 1. The molecule has 1 aliphatic rings. The van der Waals surface area contributed by atoms with Crippen LogP contribution in [-0.2, 0) is 4.79 Å². The molecule has 0 radical (unpaired) electrons. The predicted molar refractivity (Wildman–Crippen MR) is 103 cm³/mol. The van der Waals surface area contributed by atoms with E-state index in [4.69, 9.17) is 6.42 Å². The van der Waals surface area contributed by atoms with Crippen LogP contribution in [0.15, 0.2) is 52.4 Å². The zero-order chi connectivity index (χ0) is 18.1. The molecule has 128 valence electrons. The number of aromatic amines is 1. The minimum atomic E-state index is -0.328. The summed E-state index contributed by atoms with van der Waals surface area (Å²) in [6.45, 7) is 0. The van der Waals surface area contributed by atoms with Gasteiger partial charge >= 0.3 is 0 Å². The van der Waals surface area contributed by atoms with E-state index in [2.05, 4.69) is 21.2 Å². The van der Waals surface area contributed by atoms with E-state index < -0.39 is 0 Å². The summed E-state index contributed by atoms with van der Waals surface area (Å²) in [5, 5.41) is 5.32. The smallest absolute Gasteiger partial charge is 0.257 e. The van der Waals surface area contributed by atoms with Gasteiger partial charge in [-0.2, -0.15) is 0 Å². The van der Waals surface area contributed by atoms with Crippen LogP contribution < -0.4 is 10.9 Å². The highest BCUT2D eigenvalue weighted by Gasteiger charge is 2.31. The topological polar surface area (TPSA) is 74.8 Å². The summed E-state index contributed by atoms with van der Waals surface area (Å²) < 4.78 is 0. The maximum absolute atomic E-state index is 12.7. The molecule has 0 aliphatic carbocycles. The second-order valence-electron chi connectivity index (χ2n) is 6.04. The Kier molecular flexibility index (Phi) is 4.23. The number of H-pyrrole nitrogens is 1. The molecule has 0 saturated heterocycles. The van der Waals surface area contributed by atoms with E-state index in [9.17, 15) is 9.59 Å². The molecule has 0 spiro atoms. The highest BCUT2D eigenvalue weighted by Crippen LogP contribution is 2.35. The maximum Gasteiger partial charge on any atom is 0.257 e. The van der Waals surface area contributed by atoms with E-state index in [1.165, 1.54) is 11.8 Å². The number of hydrogen-bond donors (Lipinski definition) is 2. The SMILES string of the molecule is C#CCSc1nc2c(c(=O)[nH]1)[C@H](c1ccc3ccccc3c1)CC(=O)N2. The maximum atomic E-state index is 12.7. The van der Waals surface area contributed by atoms with Crippen LogP contribution in [0.5, 0.6) is 0 Å². The van der Waals surface area contributed by atoms with Crippen LogP contribution in [0.4, 0.5) is 5.82 Å². The molecule has 1 amide bonds. The van der Waals surface area contributed by atoms with Gasteiger partial charge in [0.25, 0.3) is 5.56 Å². The van der Waals surface area contributed by atoms with Gasteiger partial charge in [-0.05, 0) is 16.3 Å². The Morgan fingerprint density at radius 3 is 2.81 bits per heavy atom. The number of carbonyl (C=O) groups is 1. The zero-order valence-corrected chi connectivity index (χ0v) is 14.6. The van der Waals surface area contributed by atoms with Gasteiger partial charge in [-0.3, -0.25) is 9.59 Å². The van der Waals surface area contributed by atoms with Crippen molar-refractivity contribution in [2.45, 2.75) is 17.5 Å². The van der Waals surface area contributed by atoms with Crippen molar-refractivity contribution >= 4 is 34.3 Å². The predicted octanol–water partition coefficient (Wildman–Crippen LogP) is 3.12. The average Bonchev–Trinajstić information content (AvgIpc) is 2.65. The van der Waals surface area contributed by atoms with E-state index in [1.807, 2.05) is 42.5 Å². The van der Waals surface area contributed by atoms with Crippen LogP contribution in [0.3, 0.4) is 0 Å². The second kappa shape index (κ2) is 6.70. The standard InChI is InChI=1S/C20H15N3O2S/c1-2-9-26-20-22-18-17(19(25)23-20)15(11-16(24)21-18)14-8-7-12-5-3-4-6-13(12)10-14/h1,3-8,10,15H,9,11H2,(H2,21,22,23,24,25)/t15-/m0/s1. The van der Waals surface area contributed by atoms with Gasteiger partial charge in [0.2, 0.25) is 5.91 Å². The lowest BCUT2D eigenvalue weighted by atomic mass is 9.86. The Bertz CT molecular complexity index is 1110. The third kappa shape index (κ3) is 2.98. The summed E-state index contributed by atoms with van der Waals surface area (Å²) in [4.78, 5) is 32.0. The highest BCUT2D eigenvalue weighted by atomic mass is 32.2. The van der Waals surface area contributed by atoms with E-state index >= 15 is 0 Å². The molecule has 4 rings (SSSR count). The van der Waals surface area contributed by atoms with E-state index in [1.54, 1.807) is 0 Å². The van der Waals surface area contributed by atoms with Gasteiger partial charge in [0.1, 0.15) is 5.82 Å². The molecule has 0 fully saturated rings. The zero-order valence-electron chi connectivity index (χ0n) is 13.8. The minimum absolute atomic E-state index is 0.151. The number of hydrogen-bond acceptors (Lipinski definition) is 4. The first-order chi connectivity index (χ1) is 12.7. The summed E-state index contributed by atoms with van der Waals surface area (Å²) in [6, 6.07) is 14.0. The van der Waals surface area contributed by atoms with Gasteiger partial charge in [-0.15, -0.1) is 6.42 Å². The number of carbonyl (C=O) groups excluding carboxylic acids is 1. The Morgan fingerprint density at radius 2 is 2.00 bits per heavy atom. The van der Waals surface area contributed by atoms with E-state index in [-0.39, 0.29) is 23.8 Å². The largest absolute Gasteiger partial charge is 0.310 e. The normalized spacial score (nSPS) is 16.0. The van der Waals surface area contributed by atoms with Gasteiger partial charge in [0, 0.05) is 12.3 Å². The van der Waals surface area contributed by atoms with Crippen molar-refractivity contribution in [3.8, 4) is 12.3 Å². The van der Waals surface area contributed by atoms with Crippen LogP contribution in [0.2, 0.25) is 0 Å². The fourth-order valence-electron chi connectivity index (χ4n) is 3.24. The van der Waals surface area contributed by atoms with Gasteiger partial charge in [0.05, 0.1) is 11.3 Å². The van der Waals surface area contributed by atoms with Gasteiger partial charge < -0.3 is 10.3 Å². The van der Waals surface area contributed by atoms with Crippen molar-refractivity contribution in [3.63, 3.8) is 0 Å². The lowest BCUT2D eigenvalue weighted by Gasteiger charge is -2.24. The van der Waals surface area contributed by atoms with Crippen LogP contribution in [0, 0.1) is 12.3 Å². The Hall–Kier alpha value is -3.04. The summed E-state index contributed by atoms with van der Waals surface area (Å²) in [5.41, 5.74) is 1.17. The van der Waals surface area contributed by atoms with Crippen molar-refractivity contribution in [2.24, 2.45) is 0 Å². The summed E-state index contributed by atoms with van der Waals surface area (Å²) in [6.07, 6.45) is 5.47. The van der Waals surface area contributed by atoms with Crippen molar-refractivity contribution < 1.29 is 4.79 Å². The second-order valence-corrected chi connectivity index (χ2v) is 7.00. The van der Waals surface area contributed by atoms with Crippen molar-refractivity contribution in [2.75, 3.05) is 11.1 Å². The molecular formula is C20H15N3O2S. The number of nitrogens with zero attached hydrogens (tertiary/aromatic N) is 1. The summed E-state index contributed by atoms with van der Waals surface area (Å²) in [5.74, 6) is 2.73. The first-order valence-electron chi connectivity index (χ1n) is 8.15. The van der Waals surface area contributed by atoms with Crippen molar-refractivity contribution in [3.05, 3.63) is 63.9 Å². The third-order valence-electron chi connectivity index (χ3n) is 4.40. The molecule has 6 heteroatoms. The average molecular weight is 361 g/mol. The van der Waals surface area contributed by atoms with Gasteiger partial charge in [0.15, 0.2) is 5.16 Å². The number of thioether (sulfide) groups is 1. The van der Waals surface area contributed by atoms with Crippen molar-refractivity contribution in [1.82, 2.24) is 9.97 Å². The Morgan fingerprint density at radius 1 is 1.19 bits per heavy atom. The number of benzene rings is 2. The van der Waals surface area contributed by atoms with Crippen LogP contribution >= 0.6 is 11.8 Å². The molecule has 0 saturated carbocycles. The molecule has 1 aromatic heterocycles. The van der Waals surface area contributed by atoms with E-state index in [0.29, 0.717) is 22.3 Å². The molecule has 2 aromatic carbocycles. The molecule has 3 aromatic rings. The first-order valence-corrected chi connectivity index (χ1v) is 9.13. The molecule has 5 nitrogen and oxygen atoms in total. The highest BCUT2D eigenvalue weighted by molar-refractivity contribution is 7.99. The van der Waals surface area contributed by atoms with Gasteiger partial charge in [-0.1, -0.05) is 60.1 Å². The molecule has 0 unspecified atom stereocenters. The molecular weight excluding hydrogens is 346 g/mol. The molecule has 2 heterocycles. The molecule has 0 bridgehead atoms. The number of amides is 1.